The van der Waals surface area contributed by atoms with Crippen LogP contribution in [0, 0.1) is 5.82 Å². The first kappa shape index (κ1) is 16.2. The fraction of sp³-hybridized carbons (Fsp3) is 0. The summed E-state index contributed by atoms with van der Waals surface area (Å²) in [4.78, 5) is 21.9. The summed E-state index contributed by atoms with van der Waals surface area (Å²) in [5, 5.41) is 1.49. The highest BCUT2D eigenvalue weighted by molar-refractivity contribution is 6.03. The van der Waals surface area contributed by atoms with Crippen LogP contribution in [0.2, 0.25) is 0 Å². The molecule has 6 nitrogen and oxygen atoms in total. The van der Waals surface area contributed by atoms with E-state index >= 15 is 0 Å². The molecule has 0 amide bonds. The molecule has 0 aliphatic carbocycles. The van der Waals surface area contributed by atoms with Crippen molar-refractivity contribution in [3.63, 3.8) is 0 Å². The molecule has 0 unspecified atom stereocenters. The summed E-state index contributed by atoms with van der Waals surface area (Å²) in [5.41, 5.74) is 9.35. The van der Waals surface area contributed by atoms with Gasteiger partial charge in [-0.05, 0) is 36.4 Å². The largest absolute Gasteiger partial charge is 0.383 e. The summed E-state index contributed by atoms with van der Waals surface area (Å²) in [7, 11) is 0. The zero-order valence-corrected chi connectivity index (χ0v) is 14.5. The van der Waals surface area contributed by atoms with Gasteiger partial charge in [-0.3, -0.25) is 4.98 Å². The van der Waals surface area contributed by atoms with Gasteiger partial charge >= 0.3 is 0 Å². The van der Waals surface area contributed by atoms with E-state index in [1.165, 1.54) is 12.4 Å². The number of fused-ring (bicyclic) bond motifs is 2. The summed E-state index contributed by atoms with van der Waals surface area (Å²) >= 11 is 0. The standard InChI is InChI=1S/C21H13FN6/c22-16-6-2-1-4-13(16)17-10-15(12-5-3-8-25-21(12)28-17)19-18-14(7-9-24-19)20(23)27-11-26-18/h1-11H,(H2,23,26,27). The average Bonchev–Trinajstić information content (AvgIpc) is 2.73. The first-order valence-electron chi connectivity index (χ1n) is 8.58. The van der Waals surface area contributed by atoms with Crippen molar-refractivity contribution in [2.75, 3.05) is 5.73 Å². The van der Waals surface area contributed by atoms with Crippen molar-refractivity contribution in [3.05, 3.63) is 73.1 Å². The van der Waals surface area contributed by atoms with Crippen molar-refractivity contribution in [1.82, 2.24) is 24.9 Å². The van der Waals surface area contributed by atoms with Crippen molar-refractivity contribution < 1.29 is 4.39 Å². The Kier molecular flexibility index (Phi) is 3.65. The van der Waals surface area contributed by atoms with Gasteiger partial charge in [0, 0.05) is 34.3 Å². The molecule has 7 heteroatoms. The minimum Gasteiger partial charge on any atom is -0.383 e. The van der Waals surface area contributed by atoms with E-state index in [-0.39, 0.29) is 5.82 Å². The molecule has 0 aliphatic rings. The van der Waals surface area contributed by atoms with E-state index in [0.29, 0.717) is 39.3 Å². The Bertz CT molecular complexity index is 1350. The molecular weight excluding hydrogens is 355 g/mol. The van der Waals surface area contributed by atoms with Crippen LogP contribution in [0.1, 0.15) is 0 Å². The van der Waals surface area contributed by atoms with Gasteiger partial charge in [-0.25, -0.2) is 24.3 Å². The van der Waals surface area contributed by atoms with Crippen LogP contribution in [0.15, 0.2) is 67.3 Å². The number of anilines is 1. The Labute approximate surface area is 159 Å². The number of benzene rings is 1. The number of hydrogen-bond acceptors (Lipinski definition) is 6. The quantitative estimate of drug-likeness (QED) is 0.506. The first-order valence-corrected chi connectivity index (χ1v) is 8.58. The van der Waals surface area contributed by atoms with Crippen LogP contribution in [-0.2, 0) is 0 Å². The molecule has 0 saturated carbocycles. The van der Waals surface area contributed by atoms with Crippen LogP contribution in [0.5, 0.6) is 0 Å². The van der Waals surface area contributed by atoms with Crippen LogP contribution in [0.3, 0.4) is 0 Å². The van der Waals surface area contributed by atoms with Crippen molar-refractivity contribution in [3.8, 4) is 22.5 Å². The van der Waals surface area contributed by atoms with Crippen molar-refractivity contribution in [2.24, 2.45) is 0 Å². The van der Waals surface area contributed by atoms with E-state index in [4.69, 9.17) is 5.73 Å². The minimum atomic E-state index is -0.353. The molecule has 0 saturated heterocycles. The van der Waals surface area contributed by atoms with E-state index in [1.54, 1.807) is 36.7 Å². The van der Waals surface area contributed by atoms with Crippen molar-refractivity contribution >= 4 is 27.8 Å². The maximum atomic E-state index is 14.4. The number of nitrogens with two attached hydrogens (primary N) is 1. The normalized spacial score (nSPS) is 11.2. The molecule has 5 rings (SSSR count). The molecular formula is C21H13FN6. The predicted molar refractivity (Wildman–Crippen MR) is 106 cm³/mol. The molecule has 0 radical (unpaired) electrons. The maximum absolute atomic E-state index is 14.4. The van der Waals surface area contributed by atoms with Gasteiger partial charge in [0.15, 0.2) is 5.65 Å². The van der Waals surface area contributed by atoms with Crippen LogP contribution in [0.25, 0.3) is 44.5 Å². The Balaban J connectivity index is 1.88. The maximum Gasteiger partial charge on any atom is 0.160 e. The monoisotopic (exact) mass is 368 g/mol. The minimum absolute atomic E-state index is 0.353. The van der Waals surface area contributed by atoms with Crippen molar-refractivity contribution in [2.45, 2.75) is 0 Å². The highest BCUT2D eigenvalue weighted by Gasteiger charge is 2.16. The Hall–Kier alpha value is -4.00. The SMILES string of the molecule is Nc1ncnc2c(-c3cc(-c4ccccc4F)nc4ncccc34)nccc12. The second kappa shape index (κ2) is 6.31. The van der Waals surface area contributed by atoms with E-state index in [9.17, 15) is 4.39 Å². The topological polar surface area (TPSA) is 90.5 Å². The lowest BCUT2D eigenvalue weighted by Gasteiger charge is -2.11. The predicted octanol–water partition coefficient (Wildman–Crippen LogP) is 4.02. The molecule has 2 N–H and O–H groups in total. The molecule has 28 heavy (non-hydrogen) atoms. The Morgan fingerprint density at radius 2 is 1.68 bits per heavy atom. The lowest BCUT2D eigenvalue weighted by molar-refractivity contribution is 0.631. The van der Waals surface area contributed by atoms with Gasteiger partial charge in [-0.15, -0.1) is 0 Å². The van der Waals surface area contributed by atoms with E-state index in [1.807, 2.05) is 18.2 Å². The Morgan fingerprint density at radius 3 is 2.57 bits per heavy atom. The fourth-order valence-corrected chi connectivity index (χ4v) is 3.27. The van der Waals surface area contributed by atoms with E-state index < -0.39 is 0 Å². The number of pyridine rings is 3. The number of aromatic nitrogens is 5. The molecule has 0 aliphatic heterocycles. The summed E-state index contributed by atoms with van der Waals surface area (Å²) < 4.78 is 14.4. The summed E-state index contributed by atoms with van der Waals surface area (Å²) in [5.74, 6) is 0.0214. The van der Waals surface area contributed by atoms with Crippen LogP contribution in [0.4, 0.5) is 10.2 Å². The Morgan fingerprint density at radius 1 is 0.786 bits per heavy atom. The van der Waals surface area contributed by atoms with Gasteiger partial charge in [0.2, 0.25) is 0 Å². The fourth-order valence-electron chi connectivity index (χ4n) is 3.27. The number of rotatable bonds is 2. The summed E-state index contributed by atoms with van der Waals surface area (Å²) in [6.45, 7) is 0. The highest BCUT2D eigenvalue weighted by atomic mass is 19.1. The number of nitrogen functional groups attached to an aromatic ring is 1. The third kappa shape index (κ3) is 2.52. The molecule has 4 aromatic heterocycles. The third-order valence-electron chi connectivity index (χ3n) is 4.57. The zero-order chi connectivity index (χ0) is 19.1. The van der Waals surface area contributed by atoms with Gasteiger partial charge in [-0.1, -0.05) is 12.1 Å². The number of hydrogen-bond donors (Lipinski definition) is 1. The van der Waals surface area contributed by atoms with Gasteiger partial charge < -0.3 is 5.73 Å². The lowest BCUT2D eigenvalue weighted by atomic mass is 10.0. The molecule has 0 spiro atoms. The second-order valence-corrected chi connectivity index (χ2v) is 6.22. The molecule has 1 aromatic carbocycles. The van der Waals surface area contributed by atoms with Crippen LogP contribution in [-0.4, -0.2) is 24.9 Å². The number of nitrogens with zero attached hydrogens (tertiary/aromatic N) is 5. The molecule has 0 bridgehead atoms. The van der Waals surface area contributed by atoms with E-state index in [2.05, 4.69) is 24.9 Å². The average molecular weight is 368 g/mol. The van der Waals surface area contributed by atoms with E-state index in [0.717, 1.165) is 10.9 Å². The molecule has 0 atom stereocenters. The lowest BCUT2D eigenvalue weighted by Crippen LogP contribution is -1.98. The highest BCUT2D eigenvalue weighted by Crippen LogP contribution is 2.34. The second-order valence-electron chi connectivity index (χ2n) is 6.22. The smallest absolute Gasteiger partial charge is 0.160 e. The number of halogens is 1. The van der Waals surface area contributed by atoms with Crippen molar-refractivity contribution in [1.29, 1.82) is 0 Å². The van der Waals surface area contributed by atoms with Crippen LogP contribution >= 0.6 is 0 Å². The first-order chi connectivity index (χ1) is 13.7. The third-order valence-corrected chi connectivity index (χ3v) is 4.57. The molecule has 0 fully saturated rings. The van der Waals surface area contributed by atoms with Crippen LogP contribution < -0.4 is 5.73 Å². The summed E-state index contributed by atoms with van der Waals surface area (Å²) in [6.07, 6.45) is 4.71. The zero-order valence-electron chi connectivity index (χ0n) is 14.5. The van der Waals surface area contributed by atoms with Gasteiger partial charge in [-0.2, -0.15) is 0 Å². The molecule has 134 valence electrons. The van der Waals surface area contributed by atoms with Gasteiger partial charge in [0.05, 0.1) is 11.4 Å². The molecule has 5 aromatic rings. The van der Waals surface area contributed by atoms with Gasteiger partial charge in [0.1, 0.15) is 23.5 Å². The van der Waals surface area contributed by atoms with Gasteiger partial charge in [0.25, 0.3) is 0 Å². The summed E-state index contributed by atoms with van der Waals surface area (Å²) in [6, 6.07) is 13.8. The molecule has 4 heterocycles.